The maximum Gasteiger partial charge on any atom is 0.225 e. The molecule has 2 aromatic carbocycles. The molecule has 0 radical (unpaired) electrons. The smallest absolute Gasteiger partial charge is 0.225 e. The molecule has 2 heterocycles. The fourth-order valence-electron chi connectivity index (χ4n) is 3.38. The molecule has 20 heavy (non-hydrogen) atoms. The Bertz CT molecular complexity index is 668. The van der Waals surface area contributed by atoms with Crippen LogP contribution in [0.3, 0.4) is 0 Å². The molecule has 1 N–H and O–H groups in total. The zero-order valence-electron chi connectivity index (χ0n) is 11.2. The third-order valence-electron chi connectivity index (χ3n) is 4.40. The highest BCUT2D eigenvalue weighted by molar-refractivity contribution is 5.82. The largest absolute Gasteiger partial charge is 0.359 e. The summed E-state index contributed by atoms with van der Waals surface area (Å²) in [6, 6.07) is 18.5. The lowest BCUT2D eigenvalue weighted by Crippen LogP contribution is -2.51. The minimum Gasteiger partial charge on any atom is -0.359 e. The van der Waals surface area contributed by atoms with Gasteiger partial charge in [0.05, 0.1) is 6.54 Å². The molecule has 1 fully saturated rings. The van der Waals surface area contributed by atoms with Crippen LogP contribution in [0.4, 0.5) is 5.69 Å². The van der Waals surface area contributed by atoms with E-state index in [1.165, 1.54) is 11.1 Å². The third-order valence-corrected chi connectivity index (χ3v) is 4.40. The molecule has 1 amide bonds. The van der Waals surface area contributed by atoms with E-state index in [0.29, 0.717) is 13.0 Å². The van der Waals surface area contributed by atoms with E-state index in [9.17, 15) is 4.79 Å². The fraction of sp³-hybridized carbons (Fsp3) is 0.235. The number of para-hydroxylation sites is 1. The van der Waals surface area contributed by atoms with Crippen LogP contribution in [0.5, 0.6) is 0 Å². The highest BCUT2D eigenvalue weighted by Crippen LogP contribution is 2.45. The van der Waals surface area contributed by atoms with Crippen LogP contribution in [0.2, 0.25) is 0 Å². The molecule has 1 atom stereocenters. The molecule has 2 aromatic rings. The maximum atomic E-state index is 12.3. The van der Waals surface area contributed by atoms with Crippen molar-refractivity contribution in [2.45, 2.75) is 25.0 Å². The molecule has 3 heteroatoms. The number of fused-ring (bicyclic) bond motifs is 2. The van der Waals surface area contributed by atoms with Gasteiger partial charge in [0.1, 0.15) is 5.66 Å². The molecule has 0 aliphatic carbocycles. The number of benzene rings is 2. The number of amides is 1. The Kier molecular flexibility index (Phi) is 2.36. The Hall–Kier alpha value is -2.29. The Balaban J connectivity index is 1.87. The van der Waals surface area contributed by atoms with Crippen LogP contribution in [0.15, 0.2) is 54.6 Å². The Labute approximate surface area is 118 Å². The van der Waals surface area contributed by atoms with Crippen molar-refractivity contribution in [1.29, 1.82) is 0 Å². The zero-order chi connectivity index (χ0) is 13.6. The molecular weight excluding hydrogens is 248 g/mol. The van der Waals surface area contributed by atoms with Crippen molar-refractivity contribution in [2.24, 2.45) is 0 Å². The second-order valence-corrected chi connectivity index (χ2v) is 5.49. The molecule has 0 saturated carbocycles. The van der Waals surface area contributed by atoms with Gasteiger partial charge in [-0.25, -0.2) is 0 Å². The number of anilines is 1. The Morgan fingerprint density at radius 3 is 2.60 bits per heavy atom. The average molecular weight is 264 g/mol. The highest BCUT2D eigenvalue weighted by Gasteiger charge is 2.49. The molecule has 1 saturated heterocycles. The van der Waals surface area contributed by atoms with E-state index >= 15 is 0 Å². The van der Waals surface area contributed by atoms with Crippen molar-refractivity contribution in [2.75, 3.05) is 5.32 Å². The van der Waals surface area contributed by atoms with Gasteiger partial charge in [0, 0.05) is 18.5 Å². The lowest BCUT2D eigenvalue weighted by atomic mass is 9.92. The first kappa shape index (κ1) is 11.5. The predicted molar refractivity (Wildman–Crippen MR) is 78.0 cm³/mol. The number of carbonyl (C=O) groups is 1. The van der Waals surface area contributed by atoms with Crippen LogP contribution >= 0.6 is 0 Å². The van der Waals surface area contributed by atoms with E-state index in [0.717, 1.165) is 12.1 Å². The zero-order valence-corrected chi connectivity index (χ0v) is 11.2. The van der Waals surface area contributed by atoms with Gasteiger partial charge in [-0.15, -0.1) is 0 Å². The number of carbonyl (C=O) groups excluding carboxylic acids is 1. The summed E-state index contributed by atoms with van der Waals surface area (Å²) in [7, 11) is 0. The van der Waals surface area contributed by atoms with Crippen LogP contribution in [-0.2, 0) is 17.0 Å². The van der Waals surface area contributed by atoms with Crippen molar-refractivity contribution >= 4 is 11.6 Å². The normalized spacial score (nSPS) is 24.0. The van der Waals surface area contributed by atoms with E-state index in [1.807, 2.05) is 35.2 Å². The first-order chi connectivity index (χ1) is 9.79. The van der Waals surface area contributed by atoms with Crippen molar-refractivity contribution in [3.05, 3.63) is 65.7 Å². The van der Waals surface area contributed by atoms with E-state index in [-0.39, 0.29) is 11.6 Å². The first-order valence-electron chi connectivity index (χ1n) is 7.02. The average Bonchev–Trinajstić information content (AvgIpc) is 2.84. The van der Waals surface area contributed by atoms with E-state index < -0.39 is 0 Å². The fourth-order valence-corrected chi connectivity index (χ4v) is 3.38. The summed E-state index contributed by atoms with van der Waals surface area (Å²) in [5, 5.41) is 3.62. The highest BCUT2D eigenvalue weighted by atomic mass is 16.2. The minimum absolute atomic E-state index is 0.232. The van der Waals surface area contributed by atoms with Crippen LogP contribution in [0.1, 0.15) is 24.0 Å². The number of hydrogen-bond donors (Lipinski definition) is 1. The molecule has 3 nitrogen and oxygen atoms in total. The van der Waals surface area contributed by atoms with Gasteiger partial charge < -0.3 is 10.2 Å². The maximum absolute atomic E-state index is 12.3. The van der Waals surface area contributed by atoms with Gasteiger partial charge in [0.15, 0.2) is 0 Å². The SMILES string of the molecule is O=C1CC[C@@]2(c3ccccc3)Nc3ccccc3CN12. The van der Waals surface area contributed by atoms with Crippen LogP contribution in [0, 0.1) is 0 Å². The summed E-state index contributed by atoms with van der Waals surface area (Å²) in [5.41, 5.74) is 3.13. The van der Waals surface area contributed by atoms with Crippen molar-refractivity contribution < 1.29 is 4.79 Å². The molecule has 4 rings (SSSR count). The van der Waals surface area contributed by atoms with Gasteiger partial charge in [-0.2, -0.15) is 0 Å². The summed E-state index contributed by atoms with van der Waals surface area (Å²) < 4.78 is 0. The summed E-state index contributed by atoms with van der Waals surface area (Å²) in [4.78, 5) is 14.3. The summed E-state index contributed by atoms with van der Waals surface area (Å²) in [6.45, 7) is 0.691. The van der Waals surface area contributed by atoms with Crippen LogP contribution in [-0.4, -0.2) is 10.8 Å². The topological polar surface area (TPSA) is 32.3 Å². The number of nitrogens with one attached hydrogen (secondary N) is 1. The summed E-state index contributed by atoms with van der Waals surface area (Å²) >= 11 is 0. The number of rotatable bonds is 1. The second-order valence-electron chi connectivity index (χ2n) is 5.49. The van der Waals surface area contributed by atoms with E-state index in [1.54, 1.807) is 0 Å². The van der Waals surface area contributed by atoms with Crippen LogP contribution in [0.25, 0.3) is 0 Å². The minimum atomic E-state index is -0.368. The van der Waals surface area contributed by atoms with E-state index in [2.05, 4.69) is 29.6 Å². The van der Waals surface area contributed by atoms with Crippen molar-refractivity contribution in [1.82, 2.24) is 4.90 Å². The monoisotopic (exact) mass is 264 g/mol. The lowest BCUT2D eigenvalue weighted by molar-refractivity contribution is -0.131. The molecule has 0 spiro atoms. The quantitative estimate of drug-likeness (QED) is 0.858. The van der Waals surface area contributed by atoms with Crippen molar-refractivity contribution in [3.8, 4) is 0 Å². The first-order valence-corrected chi connectivity index (χ1v) is 7.02. The van der Waals surface area contributed by atoms with Gasteiger partial charge in [-0.1, -0.05) is 48.5 Å². The van der Waals surface area contributed by atoms with Gasteiger partial charge in [0.25, 0.3) is 0 Å². The summed E-state index contributed by atoms with van der Waals surface area (Å²) in [6.07, 6.45) is 1.43. The lowest BCUT2D eigenvalue weighted by Gasteiger charge is -2.44. The third kappa shape index (κ3) is 1.49. The Morgan fingerprint density at radius 2 is 1.75 bits per heavy atom. The molecule has 0 aromatic heterocycles. The van der Waals surface area contributed by atoms with Crippen LogP contribution < -0.4 is 5.32 Å². The van der Waals surface area contributed by atoms with E-state index in [4.69, 9.17) is 0 Å². The molecule has 2 aliphatic heterocycles. The van der Waals surface area contributed by atoms with Gasteiger partial charge in [0.2, 0.25) is 5.91 Å². The predicted octanol–water partition coefficient (Wildman–Crippen LogP) is 3.09. The molecule has 2 aliphatic rings. The molecular formula is C17H16N2O. The van der Waals surface area contributed by atoms with Gasteiger partial charge in [-0.3, -0.25) is 4.79 Å². The van der Waals surface area contributed by atoms with Gasteiger partial charge in [-0.05, 0) is 17.2 Å². The standard InChI is InChI=1S/C17H16N2O/c20-16-10-11-17(14-7-2-1-3-8-14)18-15-9-5-4-6-13(15)12-19(16)17/h1-9,18H,10-12H2/t17-/m1/s1. The second kappa shape index (κ2) is 4.10. The summed E-state index contributed by atoms with van der Waals surface area (Å²) in [5.74, 6) is 0.232. The number of hydrogen-bond acceptors (Lipinski definition) is 2. The molecule has 0 bridgehead atoms. The molecule has 100 valence electrons. The Morgan fingerprint density at radius 1 is 1.00 bits per heavy atom. The molecule has 0 unspecified atom stereocenters. The number of nitrogens with zero attached hydrogens (tertiary/aromatic N) is 1. The van der Waals surface area contributed by atoms with Crippen molar-refractivity contribution in [3.63, 3.8) is 0 Å². The van der Waals surface area contributed by atoms with Gasteiger partial charge >= 0.3 is 0 Å².